The Hall–Kier alpha value is -2.94. The monoisotopic (exact) mass is 541 g/mol. The van der Waals surface area contributed by atoms with Crippen LogP contribution in [0.1, 0.15) is 81.6 Å². The third-order valence-corrected chi connectivity index (χ3v) is 11.1. The number of ketones is 1. The van der Waals surface area contributed by atoms with Gasteiger partial charge in [-0.3, -0.25) is 19.6 Å². The standard InChI is InChI=1S/C29H36FN3O4S/c1-18-8-11-22(31-17-18)23(34)15-19-9-10-21(30)20(14-19)29(7)25-12-13-32-38(25,36)28(5,6)24(33-29)16-26(35)37-27(2,3)4/h8-11,14,17,25H,12-13,15-16H2,1-7H3/t25-,29+,38+/m0/s1. The van der Waals surface area contributed by atoms with Crippen LogP contribution in [0.3, 0.4) is 0 Å². The lowest BCUT2D eigenvalue weighted by atomic mass is 9.84. The van der Waals surface area contributed by atoms with Gasteiger partial charge in [0.1, 0.15) is 22.7 Å². The number of ether oxygens (including phenoxy) is 1. The number of fused-ring (bicyclic) bond motifs is 1. The zero-order valence-corrected chi connectivity index (χ0v) is 23.9. The summed E-state index contributed by atoms with van der Waals surface area (Å²) in [5.41, 5.74) is 0.575. The van der Waals surface area contributed by atoms with Gasteiger partial charge in [0, 0.05) is 30.4 Å². The molecule has 2 aliphatic heterocycles. The predicted molar refractivity (Wildman–Crippen MR) is 147 cm³/mol. The Morgan fingerprint density at radius 1 is 1.13 bits per heavy atom. The van der Waals surface area contributed by atoms with Gasteiger partial charge in [0.2, 0.25) is 0 Å². The zero-order chi connectivity index (χ0) is 28.1. The SMILES string of the molecule is Cc1ccc(C(=O)Cc2ccc(F)c([C@@]3(C)N=C(CC(=O)OC(C)(C)C)C(C)(C)[S@@]4(=O)=NCC[C@@H]34)c2)nc1. The molecule has 1 aromatic heterocycles. The summed E-state index contributed by atoms with van der Waals surface area (Å²) >= 11 is 0. The highest BCUT2D eigenvalue weighted by atomic mass is 32.2. The highest BCUT2D eigenvalue weighted by Crippen LogP contribution is 2.49. The van der Waals surface area contributed by atoms with Gasteiger partial charge in [-0.05, 0) is 84.2 Å². The van der Waals surface area contributed by atoms with E-state index in [1.165, 1.54) is 6.07 Å². The van der Waals surface area contributed by atoms with Crippen LogP contribution in [0.15, 0.2) is 45.9 Å². The highest BCUT2D eigenvalue weighted by molar-refractivity contribution is 7.96. The molecule has 7 nitrogen and oxygen atoms in total. The predicted octanol–water partition coefficient (Wildman–Crippen LogP) is 5.38. The first kappa shape index (κ1) is 28.1. The Morgan fingerprint density at radius 2 is 1.84 bits per heavy atom. The van der Waals surface area contributed by atoms with Gasteiger partial charge >= 0.3 is 5.97 Å². The maximum atomic E-state index is 15.5. The van der Waals surface area contributed by atoms with E-state index in [0.29, 0.717) is 29.9 Å². The van der Waals surface area contributed by atoms with Crippen molar-refractivity contribution >= 4 is 27.2 Å². The molecular formula is C29H36FN3O4S. The summed E-state index contributed by atoms with van der Waals surface area (Å²) in [6, 6.07) is 8.02. The average molecular weight is 542 g/mol. The van der Waals surface area contributed by atoms with Crippen LogP contribution in [0.5, 0.6) is 0 Å². The summed E-state index contributed by atoms with van der Waals surface area (Å²) in [4.78, 5) is 34.9. The molecule has 204 valence electrons. The number of hydrogen-bond donors (Lipinski definition) is 0. The molecule has 0 N–H and O–H groups in total. The molecule has 0 bridgehead atoms. The van der Waals surface area contributed by atoms with Crippen LogP contribution in [0, 0.1) is 12.7 Å². The van der Waals surface area contributed by atoms with E-state index in [-0.39, 0.29) is 24.2 Å². The first-order valence-corrected chi connectivity index (χ1v) is 14.4. The third-order valence-electron chi connectivity index (χ3n) is 7.35. The molecule has 0 spiro atoms. The molecule has 3 heterocycles. The average Bonchev–Trinajstić information content (AvgIpc) is 3.23. The smallest absolute Gasteiger partial charge is 0.312 e. The van der Waals surface area contributed by atoms with Gasteiger partial charge in [-0.1, -0.05) is 12.1 Å². The van der Waals surface area contributed by atoms with Gasteiger partial charge in [-0.15, -0.1) is 0 Å². The van der Waals surface area contributed by atoms with E-state index < -0.39 is 42.7 Å². The van der Waals surface area contributed by atoms with Crippen LogP contribution >= 0.6 is 0 Å². The van der Waals surface area contributed by atoms with E-state index >= 15 is 4.39 Å². The van der Waals surface area contributed by atoms with Gasteiger partial charge < -0.3 is 4.74 Å². The number of carbonyl (C=O) groups is 2. The summed E-state index contributed by atoms with van der Waals surface area (Å²) < 4.78 is 39.1. The lowest BCUT2D eigenvalue weighted by Crippen LogP contribution is -2.56. The number of aromatic nitrogens is 1. The molecule has 9 heteroatoms. The summed E-state index contributed by atoms with van der Waals surface area (Å²) in [5.74, 6) is -1.19. The van der Waals surface area contributed by atoms with E-state index in [2.05, 4.69) is 9.35 Å². The van der Waals surface area contributed by atoms with Crippen LogP contribution in [0.4, 0.5) is 4.39 Å². The molecule has 4 rings (SSSR count). The number of Topliss-reactive ketones (excluding diaryl/α,β-unsaturated/α-hetero) is 1. The molecule has 2 aromatic rings. The maximum Gasteiger partial charge on any atom is 0.312 e. The molecule has 0 radical (unpaired) electrons. The van der Waals surface area contributed by atoms with Crippen molar-refractivity contribution in [3.05, 3.63) is 64.7 Å². The first-order chi connectivity index (χ1) is 17.6. The molecule has 0 unspecified atom stereocenters. The topological polar surface area (TPSA) is 98.1 Å². The third kappa shape index (κ3) is 5.05. The summed E-state index contributed by atoms with van der Waals surface area (Å²) in [6.45, 7) is 12.9. The minimum absolute atomic E-state index is 0.0316. The van der Waals surface area contributed by atoms with Crippen LogP contribution in [-0.2, 0) is 31.2 Å². The fourth-order valence-electron chi connectivity index (χ4n) is 5.30. The van der Waals surface area contributed by atoms with Crippen molar-refractivity contribution in [3.63, 3.8) is 0 Å². The van der Waals surface area contributed by atoms with Crippen LogP contribution in [0.2, 0.25) is 0 Å². The normalized spacial score (nSPS) is 26.2. The van der Waals surface area contributed by atoms with Crippen molar-refractivity contribution in [2.75, 3.05) is 6.54 Å². The van der Waals surface area contributed by atoms with Crippen molar-refractivity contribution < 1.29 is 22.9 Å². The number of pyridine rings is 1. The van der Waals surface area contributed by atoms with Crippen molar-refractivity contribution in [2.45, 2.75) is 88.9 Å². The molecule has 1 aromatic carbocycles. The van der Waals surface area contributed by atoms with Gasteiger partial charge in [0.25, 0.3) is 0 Å². The number of esters is 1. The highest BCUT2D eigenvalue weighted by Gasteiger charge is 2.57. The number of rotatable bonds is 6. The molecule has 0 amide bonds. The second-order valence-electron chi connectivity index (χ2n) is 11.8. The van der Waals surface area contributed by atoms with Crippen LogP contribution < -0.4 is 0 Å². The maximum absolute atomic E-state index is 15.5. The fourth-order valence-corrected chi connectivity index (χ4v) is 8.57. The Bertz CT molecular complexity index is 1430. The number of carbonyl (C=O) groups excluding carboxylic acids is 2. The van der Waals surface area contributed by atoms with Crippen molar-refractivity contribution in [1.82, 2.24) is 4.98 Å². The summed E-state index contributed by atoms with van der Waals surface area (Å²) in [6.07, 6.45) is 1.98. The van der Waals surface area contributed by atoms with Gasteiger partial charge in [-0.2, -0.15) is 0 Å². The van der Waals surface area contributed by atoms with E-state index in [1.807, 2.05) is 13.0 Å². The lowest BCUT2D eigenvalue weighted by Gasteiger charge is -2.46. The van der Waals surface area contributed by atoms with Gasteiger partial charge in [0.15, 0.2) is 5.78 Å². The number of hydrogen-bond acceptors (Lipinski definition) is 7. The van der Waals surface area contributed by atoms with Gasteiger partial charge in [0.05, 0.1) is 26.1 Å². The number of aliphatic imine (C=N–C) groups is 1. The van der Waals surface area contributed by atoms with Crippen LogP contribution in [-0.4, -0.2) is 48.8 Å². The number of halogens is 1. The van der Waals surface area contributed by atoms with Crippen molar-refractivity contribution in [1.29, 1.82) is 0 Å². The quantitative estimate of drug-likeness (QED) is 0.362. The molecule has 0 aliphatic carbocycles. The fraction of sp³-hybridized carbons (Fsp3) is 0.517. The van der Waals surface area contributed by atoms with Crippen molar-refractivity contribution in [3.8, 4) is 0 Å². The Morgan fingerprint density at radius 3 is 2.47 bits per heavy atom. The second-order valence-corrected chi connectivity index (χ2v) is 14.8. The Labute approximate surface area is 224 Å². The summed E-state index contributed by atoms with van der Waals surface area (Å²) in [7, 11) is -2.93. The molecule has 38 heavy (non-hydrogen) atoms. The summed E-state index contributed by atoms with van der Waals surface area (Å²) in [5, 5.41) is -0.549. The van der Waals surface area contributed by atoms with E-state index in [4.69, 9.17) is 9.73 Å². The van der Waals surface area contributed by atoms with Crippen LogP contribution in [0.25, 0.3) is 0 Å². The largest absolute Gasteiger partial charge is 0.460 e. The number of aryl methyl sites for hydroxylation is 1. The van der Waals surface area contributed by atoms with Gasteiger partial charge in [-0.25, -0.2) is 13.0 Å². The zero-order valence-electron chi connectivity index (χ0n) is 23.1. The molecule has 0 saturated carbocycles. The van der Waals surface area contributed by atoms with E-state index in [1.54, 1.807) is 65.9 Å². The molecule has 0 saturated heterocycles. The number of nitrogens with zero attached hydrogens (tertiary/aromatic N) is 3. The first-order valence-electron chi connectivity index (χ1n) is 12.8. The molecule has 2 aliphatic rings. The Balaban J connectivity index is 1.78. The minimum Gasteiger partial charge on any atom is -0.460 e. The van der Waals surface area contributed by atoms with Crippen molar-refractivity contribution in [2.24, 2.45) is 9.36 Å². The molecular weight excluding hydrogens is 505 g/mol. The lowest BCUT2D eigenvalue weighted by molar-refractivity contribution is -0.153. The molecule has 3 atom stereocenters. The Kier molecular flexibility index (Phi) is 7.14. The number of benzene rings is 1. The van der Waals surface area contributed by atoms with E-state index in [9.17, 15) is 13.8 Å². The second kappa shape index (κ2) is 9.67. The minimum atomic E-state index is -2.93. The molecule has 0 fully saturated rings. The van der Waals surface area contributed by atoms with E-state index in [0.717, 1.165) is 5.56 Å².